The van der Waals surface area contributed by atoms with Crippen LogP contribution in [0.2, 0.25) is 20.1 Å². The Morgan fingerprint density at radius 1 is 0.444 bits per heavy atom. The van der Waals surface area contributed by atoms with Crippen LogP contribution in [0.25, 0.3) is 0 Å². The van der Waals surface area contributed by atoms with Crippen LogP contribution in [0.1, 0.15) is 0 Å². The van der Waals surface area contributed by atoms with E-state index in [1.165, 1.54) is 0 Å². The van der Waals surface area contributed by atoms with Gasteiger partial charge in [0.25, 0.3) is 0 Å². The fourth-order valence-electron chi connectivity index (χ4n) is 0.859. The number of rotatable bonds is 0. The minimum atomic E-state index is 0.717. The molecule has 0 aliphatic carbocycles. The maximum absolute atomic E-state index is 5.55. The molecule has 0 unspecified atom stereocenters. The SMILES string of the molecule is Clc1ccc(Cl)cc1.Clc1ccc(Cl)cc1.[SeH][SeH]. The molecule has 2 aromatic rings. The van der Waals surface area contributed by atoms with E-state index in [0.29, 0.717) is 0 Å². The van der Waals surface area contributed by atoms with Crippen LogP contribution in [-0.4, -0.2) is 28.4 Å². The summed E-state index contributed by atoms with van der Waals surface area (Å²) in [5.41, 5.74) is 0. The van der Waals surface area contributed by atoms with Crippen molar-refractivity contribution in [1.82, 2.24) is 0 Å². The molecule has 2 rings (SSSR count). The quantitative estimate of drug-likeness (QED) is 0.508. The summed E-state index contributed by atoms with van der Waals surface area (Å²) >= 11 is 26.7. The summed E-state index contributed by atoms with van der Waals surface area (Å²) in [4.78, 5) is 0. The van der Waals surface area contributed by atoms with Crippen molar-refractivity contribution >= 4 is 74.8 Å². The van der Waals surface area contributed by atoms with Gasteiger partial charge in [-0.05, 0) is 48.5 Å². The number of hydrogen-bond acceptors (Lipinski definition) is 0. The Hall–Kier alpha value is 0.639. The van der Waals surface area contributed by atoms with Crippen molar-refractivity contribution in [2.75, 3.05) is 0 Å². The van der Waals surface area contributed by atoms with Crippen LogP contribution in [0.3, 0.4) is 0 Å². The molecule has 0 aromatic heterocycles. The molecular weight excluding hydrogens is 444 g/mol. The zero-order chi connectivity index (χ0) is 14.0. The third-order valence-corrected chi connectivity index (χ3v) is 2.61. The summed E-state index contributed by atoms with van der Waals surface area (Å²) in [6, 6.07) is 14.0. The van der Waals surface area contributed by atoms with Gasteiger partial charge >= 0.3 is 28.4 Å². The van der Waals surface area contributed by atoms with Crippen LogP contribution in [0, 0.1) is 0 Å². The van der Waals surface area contributed by atoms with Crippen molar-refractivity contribution in [3.63, 3.8) is 0 Å². The van der Waals surface area contributed by atoms with Crippen LogP contribution in [0.4, 0.5) is 0 Å². The van der Waals surface area contributed by atoms with Crippen molar-refractivity contribution in [3.05, 3.63) is 68.6 Å². The van der Waals surface area contributed by atoms with E-state index in [9.17, 15) is 0 Å². The third-order valence-electron chi connectivity index (χ3n) is 1.61. The van der Waals surface area contributed by atoms with Gasteiger partial charge in [0.2, 0.25) is 0 Å². The first kappa shape index (κ1) is 18.6. The third kappa shape index (κ3) is 9.55. The fourth-order valence-corrected chi connectivity index (χ4v) is 1.36. The van der Waals surface area contributed by atoms with Crippen LogP contribution in [-0.2, 0) is 0 Å². The molecule has 0 fully saturated rings. The number of benzene rings is 2. The van der Waals surface area contributed by atoms with E-state index in [1.807, 2.05) is 0 Å². The van der Waals surface area contributed by atoms with Gasteiger partial charge in [-0.15, -0.1) is 0 Å². The summed E-state index contributed by atoms with van der Waals surface area (Å²) < 4.78 is 0. The second kappa shape index (κ2) is 11.5. The van der Waals surface area contributed by atoms with Gasteiger partial charge in [-0.25, -0.2) is 0 Å². The second-order valence-corrected chi connectivity index (χ2v) is 4.62. The molecule has 2 aromatic carbocycles. The van der Waals surface area contributed by atoms with Gasteiger partial charge in [-0.1, -0.05) is 46.4 Å². The first-order chi connectivity index (χ1) is 8.58. The molecule has 0 bridgehead atoms. The molecular formula is C12H10Cl4Se2. The summed E-state index contributed by atoms with van der Waals surface area (Å²) in [5.74, 6) is 0. The van der Waals surface area contributed by atoms with E-state index in [0.717, 1.165) is 20.1 Å². The molecule has 18 heavy (non-hydrogen) atoms. The Labute approximate surface area is 142 Å². The molecule has 0 radical (unpaired) electrons. The first-order valence-corrected chi connectivity index (χ1v) is 11.3. The van der Waals surface area contributed by atoms with E-state index in [4.69, 9.17) is 46.4 Å². The fraction of sp³-hybridized carbons (Fsp3) is 0. The van der Waals surface area contributed by atoms with Gasteiger partial charge in [0.05, 0.1) is 0 Å². The van der Waals surface area contributed by atoms with Crippen LogP contribution < -0.4 is 0 Å². The Morgan fingerprint density at radius 3 is 0.667 bits per heavy atom. The van der Waals surface area contributed by atoms with E-state index in [-0.39, 0.29) is 0 Å². The predicted octanol–water partition coefficient (Wildman–Crippen LogP) is 4.69. The Balaban J connectivity index is 0.000000283. The van der Waals surface area contributed by atoms with Crippen LogP contribution in [0.5, 0.6) is 0 Å². The van der Waals surface area contributed by atoms with Gasteiger partial charge in [0.1, 0.15) is 0 Å². The van der Waals surface area contributed by atoms with E-state index >= 15 is 0 Å². The van der Waals surface area contributed by atoms with Gasteiger partial charge in [-0.2, -0.15) is 0 Å². The Kier molecular flexibility index (Phi) is 11.9. The molecule has 0 aliphatic rings. The molecule has 0 atom stereocenters. The van der Waals surface area contributed by atoms with Crippen molar-refractivity contribution in [1.29, 1.82) is 0 Å². The molecule has 0 spiro atoms. The first-order valence-electron chi connectivity index (χ1n) is 4.60. The monoisotopic (exact) mass is 454 g/mol. The average Bonchev–Trinajstić information content (AvgIpc) is 2.40. The second-order valence-electron chi connectivity index (χ2n) is 2.87. The summed E-state index contributed by atoms with van der Waals surface area (Å²) in [6.45, 7) is 0. The standard InChI is InChI=1S/2C6H4Cl2.H2Se2/c2*7-5-1-2-6(8)4-3-5;1-2/h2*1-4H;1-2H. The van der Waals surface area contributed by atoms with Gasteiger partial charge in [0.15, 0.2) is 0 Å². The van der Waals surface area contributed by atoms with Crippen molar-refractivity contribution in [2.24, 2.45) is 0 Å². The van der Waals surface area contributed by atoms with Gasteiger partial charge in [0, 0.05) is 20.1 Å². The van der Waals surface area contributed by atoms with Crippen molar-refractivity contribution < 1.29 is 0 Å². The number of halogens is 4. The molecule has 0 aliphatic heterocycles. The van der Waals surface area contributed by atoms with Gasteiger partial charge in [-0.3, -0.25) is 0 Å². The molecule has 0 heterocycles. The van der Waals surface area contributed by atoms with Crippen molar-refractivity contribution in [2.45, 2.75) is 0 Å². The van der Waals surface area contributed by atoms with E-state index in [2.05, 4.69) is 28.4 Å². The zero-order valence-electron chi connectivity index (χ0n) is 9.03. The minimum absolute atomic E-state index is 0.717. The normalized spacial score (nSPS) is 8.56. The van der Waals surface area contributed by atoms with Crippen molar-refractivity contribution in [3.8, 4) is 0 Å². The summed E-state index contributed by atoms with van der Waals surface area (Å²) in [7, 11) is 0. The predicted molar refractivity (Wildman–Crippen MR) is 87.2 cm³/mol. The van der Waals surface area contributed by atoms with E-state index in [1.54, 1.807) is 48.5 Å². The van der Waals surface area contributed by atoms with Crippen LogP contribution >= 0.6 is 46.4 Å². The Morgan fingerprint density at radius 2 is 0.556 bits per heavy atom. The molecule has 98 valence electrons. The average molecular weight is 454 g/mol. The molecule has 6 heteroatoms. The molecule has 0 N–H and O–H groups in total. The Bertz CT molecular complexity index is 343. The number of hydrogen-bond donors (Lipinski definition) is 0. The topological polar surface area (TPSA) is 0 Å². The molecule has 0 amide bonds. The molecule has 0 saturated carbocycles. The van der Waals surface area contributed by atoms with Crippen LogP contribution in [0.15, 0.2) is 48.5 Å². The van der Waals surface area contributed by atoms with Gasteiger partial charge < -0.3 is 0 Å². The molecule has 0 nitrogen and oxygen atoms in total. The van der Waals surface area contributed by atoms with E-state index < -0.39 is 0 Å². The summed E-state index contributed by atoms with van der Waals surface area (Å²) in [5, 5.41) is 2.87. The zero-order valence-corrected chi connectivity index (χ0v) is 15.8. The molecule has 0 saturated heterocycles. The summed E-state index contributed by atoms with van der Waals surface area (Å²) in [6.07, 6.45) is 0. The maximum atomic E-state index is 5.55.